The predicted molar refractivity (Wildman–Crippen MR) is 86.8 cm³/mol. The molecule has 3 rings (SSSR count). The summed E-state index contributed by atoms with van der Waals surface area (Å²) in [5, 5.41) is 2.77. The van der Waals surface area contributed by atoms with Crippen LogP contribution in [0.25, 0.3) is 21.1 Å². The van der Waals surface area contributed by atoms with E-state index in [1.54, 1.807) is 27.8 Å². The molecule has 0 radical (unpaired) electrons. The molecule has 0 unspecified atom stereocenters. The number of hydrogen-bond acceptors (Lipinski definition) is 3. The van der Waals surface area contributed by atoms with E-state index in [0.717, 1.165) is 31.9 Å². The maximum absolute atomic E-state index is 5.90. The van der Waals surface area contributed by atoms with Gasteiger partial charge in [0.15, 0.2) is 15.3 Å². The minimum Gasteiger partial charge on any atom is -0.497 e. The summed E-state index contributed by atoms with van der Waals surface area (Å²) < 4.78 is 5.16. The fraction of sp³-hybridized carbons (Fsp3) is 0.0667. The summed E-state index contributed by atoms with van der Waals surface area (Å²) in [6.45, 7) is 0. The molecular formula is C15H11ClNOS2+. The number of aromatic nitrogens is 1. The topological polar surface area (TPSA) is 22.1 Å². The van der Waals surface area contributed by atoms with Crippen LogP contribution in [0.5, 0.6) is 5.75 Å². The molecule has 0 amide bonds. The van der Waals surface area contributed by atoms with Gasteiger partial charge in [-0.2, -0.15) is 4.98 Å². The first-order valence-corrected chi connectivity index (χ1v) is 8.49. The Morgan fingerprint density at radius 2 is 1.65 bits per heavy atom. The van der Waals surface area contributed by atoms with Gasteiger partial charge in [-0.1, -0.05) is 23.7 Å². The monoisotopic (exact) mass is 320 g/mol. The van der Waals surface area contributed by atoms with Crippen molar-refractivity contribution >= 4 is 32.3 Å². The molecule has 0 aliphatic rings. The van der Waals surface area contributed by atoms with E-state index in [1.165, 1.54) is 0 Å². The second-order valence-electron chi connectivity index (χ2n) is 4.12. The molecule has 0 bridgehead atoms. The Morgan fingerprint density at radius 1 is 1.00 bits per heavy atom. The highest BCUT2D eigenvalue weighted by atomic mass is 35.5. The third-order valence-corrected chi connectivity index (χ3v) is 5.33. The quantitative estimate of drug-likeness (QED) is 0.471. The molecule has 0 spiro atoms. The lowest BCUT2D eigenvalue weighted by atomic mass is 10.2. The maximum atomic E-state index is 5.90. The van der Waals surface area contributed by atoms with Gasteiger partial charge in [0.25, 0.3) is 0 Å². The number of nitrogens with zero attached hydrogens (tertiary/aromatic N) is 1. The first kappa shape index (κ1) is 13.5. The van der Waals surface area contributed by atoms with Gasteiger partial charge < -0.3 is 4.74 Å². The molecule has 0 atom stereocenters. The van der Waals surface area contributed by atoms with E-state index in [4.69, 9.17) is 16.3 Å². The average molecular weight is 321 g/mol. The van der Waals surface area contributed by atoms with Crippen LogP contribution >= 0.6 is 32.3 Å². The van der Waals surface area contributed by atoms with Crippen LogP contribution in [0, 0.1) is 0 Å². The van der Waals surface area contributed by atoms with Crippen LogP contribution in [0.3, 0.4) is 0 Å². The van der Waals surface area contributed by atoms with Gasteiger partial charge >= 0.3 is 15.3 Å². The zero-order chi connectivity index (χ0) is 13.9. The molecule has 0 aliphatic carbocycles. The Morgan fingerprint density at radius 3 is 2.30 bits per heavy atom. The number of rotatable bonds is 3. The highest BCUT2D eigenvalue weighted by Gasteiger charge is 2.19. The zero-order valence-electron chi connectivity index (χ0n) is 10.7. The molecule has 100 valence electrons. The minimum absolute atomic E-state index is 0.740. The molecule has 20 heavy (non-hydrogen) atoms. The van der Waals surface area contributed by atoms with Crippen molar-refractivity contribution in [1.29, 1.82) is 0 Å². The van der Waals surface area contributed by atoms with E-state index >= 15 is 0 Å². The van der Waals surface area contributed by atoms with Crippen LogP contribution in [0.4, 0.5) is 0 Å². The van der Waals surface area contributed by atoms with Gasteiger partial charge in [0, 0.05) is 10.6 Å². The van der Waals surface area contributed by atoms with Crippen molar-refractivity contribution in [2.45, 2.75) is 0 Å². The van der Waals surface area contributed by atoms with Crippen molar-refractivity contribution in [3.05, 3.63) is 53.6 Å². The van der Waals surface area contributed by atoms with Crippen LogP contribution in [-0.2, 0) is 0 Å². The normalized spacial score (nSPS) is 10.5. The van der Waals surface area contributed by atoms with Crippen LogP contribution in [-0.4, -0.2) is 12.1 Å². The van der Waals surface area contributed by atoms with Gasteiger partial charge in [0.1, 0.15) is 5.75 Å². The average Bonchev–Trinajstić information content (AvgIpc) is 2.98. The fourth-order valence-corrected chi connectivity index (χ4v) is 4.10. The first-order chi connectivity index (χ1) is 9.76. The largest absolute Gasteiger partial charge is 0.497 e. The van der Waals surface area contributed by atoms with Crippen LogP contribution in [0.2, 0.25) is 5.02 Å². The fourth-order valence-electron chi connectivity index (χ4n) is 1.76. The second-order valence-corrected chi connectivity index (χ2v) is 6.67. The molecule has 2 nitrogen and oxygen atoms in total. The van der Waals surface area contributed by atoms with Crippen molar-refractivity contribution in [2.75, 3.05) is 7.11 Å². The molecule has 1 aromatic heterocycles. The van der Waals surface area contributed by atoms with Crippen molar-refractivity contribution in [2.24, 2.45) is 0 Å². The molecule has 0 aliphatic heterocycles. The number of benzene rings is 2. The molecule has 3 aromatic rings. The summed E-state index contributed by atoms with van der Waals surface area (Å²) in [5.74, 6) is 0.854. The van der Waals surface area contributed by atoms with Crippen LogP contribution in [0.15, 0.2) is 48.5 Å². The zero-order valence-corrected chi connectivity index (χ0v) is 13.1. The van der Waals surface area contributed by atoms with Crippen molar-refractivity contribution in [3.63, 3.8) is 0 Å². The lowest BCUT2D eigenvalue weighted by molar-refractivity contribution is 0.415. The van der Waals surface area contributed by atoms with E-state index in [1.807, 2.05) is 48.5 Å². The van der Waals surface area contributed by atoms with Crippen molar-refractivity contribution < 1.29 is 4.74 Å². The summed E-state index contributed by atoms with van der Waals surface area (Å²) in [5.41, 5.74) is 2.20. The lowest BCUT2D eigenvalue weighted by Gasteiger charge is -1.97. The van der Waals surface area contributed by atoms with Crippen LogP contribution < -0.4 is 4.74 Å². The van der Waals surface area contributed by atoms with Gasteiger partial charge in [-0.3, -0.25) is 0 Å². The SMILES string of the molecule is COc1ccc(-c2nc(-c3ccc(Cl)cc3)s[s+]2)cc1. The Balaban J connectivity index is 1.91. The van der Waals surface area contributed by atoms with Crippen molar-refractivity contribution in [1.82, 2.24) is 4.98 Å². The van der Waals surface area contributed by atoms with Crippen molar-refractivity contribution in [3.8, 4) is 26.9 Å². The van der Waals surface area contributed by atoms with E-state index in [-0.39, 0.29) is 0 Å². The Bertz CT molecular complexity index is 707. The molecule has 0 saturated heterocycles. The minimum atomic E-state index is 0.740. The third kappa shape index (κ3) is 2.82. The smallest absolute Gasteiger partial charge is 0.348 e. The van der Waals surface area contributed by atoms with Gasteiger partial charge in [-0.05, 0) is 36.4 Å². The Kier molecular flexibility index (Phi) is 3.96. The molecular weight excluding hydrogens is 310 g/mol. The first-order valence-electron chi connectivity index (χ1n) is 5.97. The summed E-state index contributed by atoms with van der Waals surface area (Å²) in [6, 6.07) is 15.7. The maximum Gasteiger partial charge on any atom is 0.348 e. The predicted octanol–water partition coefficient (Wildman–Crippen LogP) is 5.48. The summed E-state index contributed by atoms with van der Waals surface area (Å²) in [6.07, 6.45) is 0. The third-order valence-electron chi connectivity index (χ3n) is 2.83. The van der Waals surface area contributed by atoms with E-state index in [0.29, 0.717) is 0 Å². The molecule has 0 N–H and O–H groups in total. The Labute approximate surface area is 129 Å². The van der Waals surface area contributed by atoms with E-state index < -0.39 is 0 Å². The molecule has 5 heteroatoms. The molecule has 0 fully saturated rings. The summed E-state index contributed by atoms with van der Waals surface area (Å²) in [4.78, 5) is 4.69. The number of methoxy groups -OCH3 is 1. The molecule has 0 saturated carbocycles. The highest BCUT2D eigenvalue weighted by Crippen LogP contribution is 2.34. The van der Waals surface area contributed by atoms with Crippen LogP contribution in [0.1, 0.15) is 0 Å². The standard InChI is InChI=1S/C15H11ClNOS2/c1-18-13-8-4-11(5-9-13)15-17-14(19-20-15)10-2-6-12(16)7-3-10/h2-9H,1H3/q+1. The Hall–Kier alpha value is -1.49. The molecule has 1 heterocycles. The number of ether oxygens (including phenoxy) is 1. The number of hydrogen-bond donors (Lipinski definition) is 0. The highest BCUT2D eigenvalue weighted by molar-refractivity contribution is 7.71. The van der Waals surface area contributed by atoms with Gasteiger partial charge in [-0.25, -0.2) is 0 Å². The summed E-state index contributed by atoms with van der Waals surface area (Å²) in [7, 11) is 5.01. The second kappa shape index (κ2) is 5.87. The van der Waals surface area contributed by atoms with Gasteiger partial charge in [-0.15, -0.1) is 0 Å². The van der Waals surface area contributed by atoms with E-state index in [2.05, 4.69) is 4.98 Å². The van der Waals surface area contributed by atoms with Gasteiger partial charge in [0.2, 0.25) is 0 Å². The number of halogens is 1. The molecule has 2 aromatic carbocycles. The lowest BCUT2D eigenvalue weighted by Crippen LogP contribution is -1.82. The van der Waals surface area contributed by atoms with Gasteiger partial charge in [0.05, 0.1) is 12.7 Å². The summed E-state index contributed by atoms with van der Waals surface area (Å²) >= 11 is 5.90. The van der Waals surface area contributed by atoms with E-state index in [9.17, 15) is 0 Å².